The van der Waals surface area contributed by atoms with Crippen LogP contribution in [0.15, 0.2) is 47.8 Å². The fraction of sp³-hybridized carbons (Fsp3) is 0.407. The zero-order chi connectivity index (χ0) is 27.4. The summed E-state index contributed by atoms with van der Waals surface area (Å²) >= 11 is 0. The maximum Gasteiger partial charge on any atom is 0.419 e. The lowest BCUT2D eigenvalue weighted by molar-refractivity contribution is -0.0907. The summed E-state index contributed by atoms with van der Waals surface area (Å²) in [4.78, 5) is 15.0. The van der Waals surface area contributed by atoms with Crippen LogP contribution >= 0.6 is 0 Å². The maximum absolute atomic E-state index is 14.0. The molecule has 0 saturated carbocycles. The number of hydrogen-bond acceptors (Lipinski definition) is 6. The minimum absolute atomic E-state index is 0.174. The minimum atomic E-state index is -4.59. The molecule has 2 aromatic rings. The third-order valence-corrected chi connectivity index (χ3v) is 6.63. The number of rotatable bonds is 6. The average molecular weight is 533 g/mol. The molecule has 6 nitrogen and oxygen atoms in total. The lowest BCUT2D eigenvalue weighted by Gasteiger charge is -2.42. The van der Waals surface area contributed by atoms with Gasteiger partial charge in [0.1, 0.15) is 11.6 Å². The molecule has 1 N–H and O–H groups in total. The van der Waals surface area contributed by atoms with Gasteiger partial charge in [0.2, 0.25) is 5.95 Å². The normalized spacial score (nSPS) is 19.1. The number of hydrogen-bond donors (Lipinski definition) is 1. The van der Waals surface area contributed by atoms with Crippen molar-refractivity contribution < 1.29 is 22.0 Å². The topological polar surface area (TPSA) is 47.5 Å². The van der Waals surface area contributed by atoms with E-state index < -0.39 is 23.4 Å². The smallest absolute Gasteiger partial charge is 0.353 e. The molecule has 202 valence electrons. The molecule has 2 aliphatic heterocycles. The third kappa shape index (κ3) is 5.85. The average Bonchev–Trinajstić information content (AvgIpc) is 3.42. The van der Waals surface area contributed by atoms with Crippen molar-refractivity contribution in [2.75, 3.05) is 42.5 Å². The monoisotopic (exact) mass is 532 g/mol. The van der Waals surface area contributed by atoms with Gasteiger partial charge in [-0.25, -0.2) is 13.8 Å². The number of benzene rings is 1. The quantitative estimate of drug-likeness (QED) is 0.243. The molecule has 0 amide bonds. The number of aromatic nitrogens is 2. The molecule has 2 saturated heterocycles. The van der Waals surface area contributed by atoms with Gasteiger partial charge in [-0.3, -0.25) is 0 Å². The molecule has 1 aromatic heterocycles. The van der Waals surface area contributed by atoms with Crippen LogP contribution in [-0.4, -0.2) is 59.8 Å². The predicted octanol–water partition coefficient (Wildman–Crippen LogP) is 5.06. The van der Waals surface area contributed by atoms with E-state index >= 15 is 0 Å². The Labute approximate surface area is 218 Å². The number of allylic oxidation sites excluding steroid dienone is 3. The maximum atomic E-state index is 14.0. The van der Waals surface area contributed by atoms with E-state index in [0.717, 1.165) is 44.1 Å². The molecule has 1 atom stereocenters. The molecule has 0 spiro atoms. The minimum Gasteiger partial charge on any atom is -0.353 e. The molecule has 0 radical (unpaired) electrons. The molecule has 1 unspecified atom stereocenters. The van der Waals surface area contributed by atoms with Gasteiger partial charge in [-0.1, -0.05) is 18.6 Å². The highest BCUT2D eigenvalue weighted by Crippen LogP contribution is 2.33. The third-order valence-electron chi connectivity index (χ3n) is 6.63. The summed E-state index contributed by atoms with van der Waals surface area (Å²) in [6, 6.07) is 7.19. The Morgan fingerprint density at radius 2 is 1.82 bits per heavy atom. The molecular weight excluding hydrogens is 503 g/mol. The van der Waals surface area contributed by atoms with Crippen molar-refractivity contribution in [3.8, 4) is 23.7 Å². The van der Waals surface area contributed by atoms with E-state index in [1.165, 1.54) is 19.1 Å². The molecule has 11 heteroatoms. The fourth-order valence-corrected chi connectivity index (χ4v) is 4.79. The summed E-state index contributed by atoms with van der Waals surface area (Å²) in [7, 11) is 0. The molecule has 2 aliphatic rings. The summed E-state index contributed by atoms with van der Waals surface area (Å²) in [5.74, 6) is -1.06. The van der Waals surface area contributed by atoms with Crippen LogP contribution in [0.5, 0.6) is 0 Å². The zero-order valence-corrected chi connectivity index (χ0v) is 21.2. The van der Waals surface area contributed by atoms with Crippen LogP contribution in [0.4, 0.5) is 33.7 Å². The van der Waals surface area contributed by atoms with Crippen molar-refractivity contribution in [1.82, 2.24) is 20.2 Å². The van der Waals surface area contributed by atoms with Crippen LogP contribution in [0.25, 0.3) is 11.3 Å². The van der Waals surface area contributed by atoms with E-state index in [9.17, 15) is 22.0 Å². The number of alkyl halides is 3. The highest BCUT2D eigenvalue weighted by Gasteiger charge is 2.38. The van der Waals surface area contributed by atoms with Gasteiger partial charge >= 0.3 is 6.18 Å². The number of piperazine rings is 1. The molecule has 0 bridgehead atoms. The summed E-state index contributed by atoms with van der Waals surface area (Å²) in [6.45, 7) is 5.79. The van der Waals surface area contributed by atoms with E-state index in [-0.39, 0.29) is 25.0 Å². The van der Waals surface area contributed by atoms with E-state index in [2.05, 4.69) is 16.3 Å². The second kappa shape index (κ2) is 11.3. The molecular formula is C27H29F5N6. The molecule has 3 heterocycles. The molecule has 0 aliphatic carbocycles. The lowest BCUT2D eigenvalue weighted by atomic mass is 10.1. The van der Waals surface area contributed by atoms with E-state index in [1.807, 2.05) is 16.7 Å². The van der Waals surface area contributed by atoms with Gasteiger partial charge in [0.15, 0.2) is 11.6 Å². The van der Waals surface area contributed by atoms with Gasteiger partial charge in [0.25, 0.3) is 0 Å². The summed E-state index contributed by atoms with van der Waals surface area (Å²) in [5.41, 5.74) is -0.00562. The Hall–Kier alpha value is -3.81. The predicted molar refractivity (Wildman–Crippen MR) is 137 cm³/mol. The van der Waals surface area contributed by atoms with Gasteiger partial charge in [-0.05, 0) is 44.9 Å². The molecule has 38 heavy (non-hydrogen) atoms. The first-order valence-corrected chi connectivity index (χ1v) is 12.4. The van der Waals surface area contributed by atoms with Crippen molar-refractivity contribution in [2.24, 2.45) is 0 Å². The van der Waals surface area contributed by atoms with Crippen molar-refractivity contribution in [2.45, 2.75) is 38.9 Å². The van der Waals surface area contributed by atoms with Crippen LogP contribution < -0.4 is 15.1 Å². The standard InChI is InChI=1S/C27H29F5N6/c1-4-8-20(27(30,31)32)25(33-5-2)37-13-14-38(18(3)17-37)24-16-23(19-9-10-21(28)22(29)15-19)34-26(35-24)36-11-6-7-12-36/h2,4,8-10,15-16,18,33H,6-7,11-14,17H2,1,3H3/b8-4-,25-20-. The summed E-state index contributed by atoms with van der Waals surface area (Å²) in [6.07, 6.45) is 5.05. The summed E-state index contributed by atoms with van der Waals surface area (Å²) < 4.78 is 69.0. The molecule has 1 aromatic carbocycles. The Morgan fingerprint density at radius 1 is 1.08 bits per heavy atom. The van der Waals surface area contributed by atoms with Crippen molar-refractivity contribution >= 4 is 11.8 Å². The fourth-order valence-electron chi connectivity index (χ4n) is 4.79. The second-order valence-corrected chi connectivity index (χ2v) is 9.25. The number of nitrogens with one attached hydrogen (secondary N) is 1. The van der Waals surface area contributed by atoms with Crippen LogP contribution in [0, 0.1) is 24.1 Å². The van der Waals surface area contributed by atoms with Crippen molar-refractivity contribution in [3.05, 3.63) is 59.4 Å². The number of nitrogens with zero attached hydrogens (tertiary/aromatic N) is 5. The largest absolute Gasteiger partial charge is 0.419 e. The Morgan fingerprint density at radius 3 is 2.42 bits per heavy atom. The van der Waals surface area contributed by atoms with E-state index in [1.54, 1.807) is 11.0 Å². The Bertz CT molecular complexity index is 1260. The molecule has 2 fully saturated rings. The molecule has 4 rings (SSSR count). The first-order valence-electron chi connectivity index (χ1n) is 12.4. The Kier molecular flexibility index (Phi) is 8.09. The number of anilines is 2. The van der Waals surface area contributed by atoms with Crippen LogP contribution in [0.1, 0.15) is 26.7 Å². The van der Waals surface area contributed by atoms with Gasteiger partial charge < -0.3 is 20.0 Å². The zero-order valence-electron chi connectivity index (χ0n) is 21.2. The second-order valence-electron chi connectivity index (χ2n) is 9.25. The SMILES string of the molecule is C#CN/C(=C(\C=C/C)C(F)(F)F)N1CCN(c2cc(-c3ccc(F)c(F)c3)nc(N3CCCC3)n2)C(C)C1. The van der Waals surface area contributed by atoms with Crippen LogP contribution in [0.2, 0.25) is 0 Å². The summed E-state index contributed by atoms with van der Waals surface area (Å²) in [5, 5.41) is 2.45. The number of halogens is 5. The lowest BCUT2D eigenvalue weighted by Crippen LogP contribution is -2.53. The highest BCUT2D eigenvalue weighted by atomic mass is 19.4. The van der Waals surface area contributed by atoms with Gasteiger partial charge in [0.05, 0.1) is 11.3 Å². The van der Waals surface area contributed by atoms with E-state index in [4.69, 9.17) is 11.4 Å². The van der Waals surface area contributed by atoms with E-state index in [0.29, 0.717) is 29.6 Å². The number of terminal acetylenes is 1. The highest BCUT2D eigenvalue weighted by molar-refractivity contribution is 5.65. The van der Waals surface area contributed by atoms with Crippen LogP contribution in [0.3, 0.4) is 0 Å². The first-order chi connectivity index (χ1) is 18.1. The first kappa shape index (κ1) is 27.2. The van der Waals surface area contributed by atoms with Crippen molar-refractivity contribution in [1.29, 1.82) is 0 Å². The van der Waals surface area contributed by atoms with Gasteiger partial charge in [0, 0.05) is 56.4 Å². The van der Waals surface area contributed by atoms with Crippen molar-refractivity contribution in [3.63, 3.8) is 0 Å². The van der Waals surface area contributed by atoms with Gasteiger partial charge in [-0.2, -0.15) is 18.2 Å². The van der Waals surface area contributed by atoms with Gasteiger partial charge in [-0.15, -0.1) is 0 Å². The van der Waals surface area contributed by atoms with Crippen LogP contribution in [-0.2, 0) is 0 Å². The Balaban J connectivity index is 1.68.